The van der Waals surface area contributed by atoms with Gasteiger partial charge in [0.15, 0.2) is 0 Å². The van der Waals surface area contributed by atoms with Crippen LogP contribution < -0.4 is 0 Å². The third kappa shape index (κ3) is 4.86. The van der Waals surface area contributed by atoms with E-state index < -0.39 is 0 Å². The first-order valence-electron chi connectivity index (χ1n) is 7.52. The topological polar surface area (TPSA) is 3.24 Å². The molecule has 1 unspecified atom stereocenters. The minimum absolute atomic E-state index is 0.952. The summed E-state index contributed by atoms with van der Waals surface area (Å²) < 4.78 is 0. The summed E-state index contributed by atoms with van der Waals surface area (Å²) >= 11 is 0. The fourth-order valence-electron chi connectivity index (χ4n) is 3.06. The normalized spacial score (nSPS) is 21.2. The Morgan fingerprint density at radius 2 is 1.75 bits per heavy atom. The highest BCUT2D eigenvalue weighted by molar-refractivity contribution is 4.74. The molecule has 1 saturated heterocycles. The zero-order valence-corrected chi connectivity index (χ0v) is 11.7. The molecule has 0 amide bonds. The number of likely N-dealkylation sites (tertiary alicyclic amines) is 1. The van der Waals surface area contributed by atoms with Gasteiger partial charge < -0.3 is 4.90 Å². The molecular formula is C15H31N. The fraction of sp³-hybridized carbons (Fsp3) is 1.00. The van der Waals surface area contributed by atoms with E-state index in [4.69, 9.17) is 0 Å². The number of hydrogen-bond acceptors (Lipinski definition) is 1. The van der Waals surface area contributed by atoms with Crippen molar-refractivity contribution >= 4 is 0 Å². The van der Waals surface area contributed by atoms with Crippen LogP contribution in [0.25, 0.3) is 0 Å². The van der Waals surface area contributed by atoms with E-state index in [-0.39, 0.29) is 0 Å². The summed E-state index contributed by atoms with van der Waals surface area (Å²) in [5, 5.41) is 0. The van der Waals surface area contributed by atoms with Crippen LogP contribution in [0.15, 0.2) is 0 Å². The molecular weight excluding hydrogens is 194 g/mol. The number of rotatable bonds is 7. The van der Waals surface area contributed by atoms with E-state index in [2.05, 4.69) is 25.7 Å². The quantitative estimate of drug-likeness (QED) is 0.623. The van der Waals surface area contributed by atoms with Crippen molar-refractivity contribution in [2.75, 3.05) is 19.6 Å². The molecule has 1 aliphatic heterocycles. The van der Waals surface area contributed by atoms with Gasteiger partial charge in [-0.2, -0.15) is 0 Å². The third-order valence-electron chi connectivity index (χ3n) is 4.19. The van der Waals surface area contributed by atoms with Gasteiger partial charge in [-0.05, 0) is 44.2 Å². The van der Waals surface area contributed by atoms with Crippen LogP contribution >= 0.6 is 0 Å². The van der Waals surface area contributed by atoms with E-state index in [0.717, 1.165) is 11.8 Å². The van der Waals surface area contributed by atoms with Gasteiger partial charge in [-0.1, -0.05) is 46.5 Å². The Balaban J connectivity index is 2.20. The molecule has 1 rings (SSSR count). The van der Waals surface area contributed by atoms with Crippen molar-refractivity contribution in [2.24, 2.45) is 11.8 Å². The van der Waals surface area contributed by atoms with Crippen LogP contribution in [0.3, 0.4) is 0 Å². The minimum Gasteiger partial charge on any atom is -0.303 e. The van der Waals surface area contributed by atoms with Crippen molar-refractivity contribution in [2.45, 2.75) is 65.7 Å². The van der Waals surface area contributed by atoms with Gasteiger partial charge >= 0.3 is 0 Å². The first-order valence-corrected chi connectivity index (χ1v) is 7.52. The lowest BCUT2D eigenvalue weighted by Gasteiger charge is -2.34. The van der Waals surface area contributed by atoms with Gasteiger partial charge in [0, 0.05) is 6.54 Å². The molecule has 0 spiro atoms. The van der Waals surface area contributed by atoms with Crippen LogP contribution in [0.5, 0.6) is 0 Å². The molecule has 16 heavy (non-hydrogen) atoms. The highest BCUT2D eigenvalue weighted by Crippen LogP contribution is 2.23. The summed E-state index contributed by atoms with van der Waals surface area (Å²) in [6.07, 6.45) is 9.88. The second-order valence-corrected chi connectivity index (χ2v) is 5.60. The molecule has 0 aromatic rings. The van der Waals surface area contributed by atoms with Crippen molar-refractivity contribution in [1.29, 1.82) is 0 Å². The van der Waals surface area contributed by atoms with Crippen molar-refractivity contribution in [3.63, 3.8) is 0 Å². The molecule has 0 aromatic carbocycles. The molecule has 1 heterocycles. The maximum absolute atomic E-state index is 2.72. The van der Waals surface area contributed by atoms with Crippen LogP contribution in [0.4, 0.5) is 0 Å². The summed E-state index contributed by atoms with van der Waals surface area (Å²) in [7, 11) is 0. The second kappa shape index (κ2) is 8.11. The van der Waals surface area contributed by atoms with Crippen LogP contribution in [-0.2, 0) is 0 Å². The van der Waals surface area contributed by atoms with Crippen molar-refractivity contribution < 1.29 is 0 Å². The smallest absolute Gasteiger partial charge is 0.000956 e. The molecule has 1 nitrogen and oxygen atoms in total. The molecule has 0 aliphatic carbocycles. The van der Waals surface area contributed by atoms with Gasteiger partial charge in [-0.3, -0.25) is 0 Å². The van der Waals surface area contributed by atoms with Gasteiger partial charge in [-0.15, -0.1) is 0 Å². The standard InChI is InChI=1S/C15H31N/c1-4-7-14(6-3)13-16-11-9-15(8-5-2)10-12-16/h14-15H,4-13H2,1-3H3. The maximum atomic E-state index is 2.72. The van der Waals surface area contributed by atoms with Gasteiger partial charge in [0.2, 0.25) is 0 Å². The monoisotopic (exact) mass is 225 g/mol. The zero-order chi connectivity index (χ0) is 11.8. The molecule has 1 fully saturated rings. The summed E-state index contributed by atoms with van der Waals surface area (Å²) in [6, 6.07) is 0. The minimum atomic E-state index is 0.952. The zero-order valence-electron chi connectivity index (χ0n) is 11.7. The highest BCUT2D eigenvalue weighted by atomic mass is 15.1. The molecule has 96 valence electrons. The van der Waals surface area contributed by atoms with E-state index in [1.807, 2.05) is 0 Å². The summed E-state index contributed by atoms with van der Waals surface area (Å²) in [6.45, 7) is 11.1. The molecule has 0 radical (unpaired) electrons. The van der Waals surface area contributed by atoms with Crippen LogP contribution in [-0.4, -0.2) is 24.5 Å². The molecule has 0 aromatic heterocycles. The van der Waals surface area contributed by atoms with Crippen molar-refractivity contribution in [3.05, 3.63) is 0 Å². The summed E-state index contributed by atoms with van der Waals surface area (Å²) in [4.78, 5) is 2.72. The fourth-order valence-corrected chi connectivity index (χ4v) is 3.06. The summed E-state index contributed by atoms with van der Waals surface area (Å²) in [5.74, 6) is 1.99. The van der Waals surface area contributed by atoms with E-state index in [0.29, 0.717) is 0 Å². The average Bonchev–Trinajstić information content (AvgIpc) is 2.31. The van der Waals surface area contributed by atoms with Gasteiger partial charge in [0.05, 0.1) is 0 Å². The molecule has 1 aliphatic rings. The Hall–Kier alpha value is -0.0400. The largest absolute Gasteiger partial charge is 0.303 e. The molecule has 0 bridgehead atoms. The maximum Gasteiger partial charge on any atom is 0.000956 e. The Morgan fingerprint density at radius 1 is 1.06 bits per heavy atom. The predicted octanol–water partition coefficient (Wildman–Crippen LogP) is 4.32. The molecule has 1 atom stereocenters. The average molecular weight is 225 g/mol. The molecule has 0 saturated carbocycles. The SMILES string of the molecule is CCCC1CCN(CC(CC)CCC)CC1. The van der Waals surface area contributed by atoms with E-state index in [9.17, 15) is 0 Å². The number of piperidine rings is 1. The summed E-state index contributed by atoms with van der Waals surface area (Å²) in [5.41, 5.74) is 0. The lowest BCUT2D eigenvalue weighted by atomic mass is 9.91. The lowest BCUT2D eigenvalue weighted by molar-refractivity contribution is 0.151. The Labute approximate surface area is 103 Å². The first kappa shape index (κ1) is 14.0. The predicted molar refractivity (Wildman–Crippen MR) is 72.8 cm³/mol. The van der Waals surface area contributed by atoms with Gasteiger partial charge in [0.25, 0.3) is 0 Å². The number of hydrogen-bond donors (Lipinski definition) is 0. The van der Waals surface area contributed by atoms with Crippen molar-refractivity contribution in [1.82, 2.24) is 4.90 Å². The van der Waals surface area contributed by atoms with Gasteiger partial charge in [0.1, 0.15) is 0 Å². The van der Waals surface area contributed by atoms with E-state index >= 15 is 0 Å². The van der Waals surface area contributed by atoms with E-state index in [1.54, 1.807) is 0 Å². The van der Waals surface area contributed by atoms with Crippen LogP contribution in [0.2, 0.25) is 0 Å². The molecule has 0 N–H and O–H groups in total. The third-order valence-corrected chi connectivity index (χ3v) is 4.19. The van der Waals surface area contributed by atoms with Crippen molar-refractivity contribution in [3.8, 4) is 0 Å². The highest BCUT2D eigenvalue weighted by Gasteiger charge is 2.20. The lowest BCUT2D eigenvalue weighted by Crippen LogP contribution is -2.37. The molecule has 1 heteroatoms. The Morgan fingerprint density at radius 3 is 2.25 bits per heavy atom. The second-order valence-electron chi connectivity index (χ2n) is 5.60. The Bertz CT molecular complexity index is 159. The van der Waals surface area contributed by atoms with Gasteiger partial charge in [-0.25, -0.2) is 0 Å². The Kier molecular flexibility index (Phi) is 7.11. The van der Waals surface area contributed by atoms with Crippen LogP contribution in [0, 0.1) is 11.8 Å². The van der Waals surface area contributed by atoms with E-state index in [1.165, 1.54) is 64.6 Å². The first-order chi connectivity index (χ1) is 7.80. The van der Waals surface area contributed by atoms with Crippen LogP contribution in [0.1, 0.15) is 65.7 Å². The number of nitrogens with zero attached hydrogens (tertiary/aromatic N) is 1.